The minimum atomic E-state index is -0.760. The zero-order valence-electron chi connectivity index (χ0n) is 23.9. The molecule has 0 aliphatic heterocycles. The Morgan fingerprint density at radius 3 is 2.03 bits per heavy atom. The number of ketones is 1. The molecular formula is C27H52N4O5. The molecule has 0 saturated heterocycles. The number of amides is 3. The largest absolute Gasteiger partial charge is 0.379 e. The van der Waals surface area contributed by atoms with Crippen LogP contribution >= 0.6 is 0 Å². The third kappa shape index (κ3) is 15.9. The lowest BCUT2D eigenvalue weighted by Crippen LogP contribution is -2.55. The van der Waals surface area contributed by atoms with Crippen LogP contribution in [0.25, 0.3) is 0 Å². The first-order valence-electron chi connectivity index (χ1n) is 13.3. The summed E-state index contributed by atoms with van der Waals surface area (Å²) in [5.41, 5.74) is 5.09. The van der Waals surface area contributed by atoms with Gasteiger partial charge in [0.25, 0.3) is 0 Å². The SMILES string of the molecule is CC(C)[C@H](NC(=O)CCOCCNC(=O)CCC(C)(C)C)C(=O)N[C@@H](CCCCN)C(=O)C(C)(C)C. The fourth-order valence-corrected chi connectivity index (χ4v) is 3.43. The van der Waals surface area contributed by atoms with Crippen molar-refractivity contribution in [3.05, 3.63) is 0 Å². The first kappa shape index (κ1) is 34.0. The molecule has 3 amide bonds. The molecule has 0 unspecified atom stereocenters. The molecule has 0 aliphatic rings. The van der Waals surface area contributed by atoms with Gasteiger partial charge in [-0.05, 0) is 43.6 Å². The highest BCUT2D eigenvalue weighted by atomic mass is 16.5. The summed E-state index contributed by atoms with van der Waals surface area (Å²) in [6.07, 6.45) is 3.39. The molecule has 36 heavy (non-hydrogen) atoms. The summed E-state index contributed by atoms with van der Waals surface area (Å²) < 4.78 is 5.46. The Labute approximate surface area is 218 Å². The third-order valence-electron chi connectivity index (χ3n) is 5.73. The lowest BCUT2D eigenvalue weighted by molar-refractivity contribution is -0.135. The second kappa shape index (κ2) is 16.7. The number of nitrogens with one attached hydrogen (secondary N) is 3. The molecule has 210 valence electrons. The van der Waals surface area contributed by atoms with Crippen LogP contribution in [0.4, 0.5) is 0 Å². The highest BCUT2D eigenvalue weighted by Crippen LogP contribution is 2.21. The number of nitrogens with two attached hydrogens (primary N) is 1. The van der Waals surface area contributed by atoms with Crippen molar-refractivity contribution < 1.29 is 23.9 Å². The summed E-state index contributed by atoms with van der Waals surface area (Å²) in [4.78, 5) is 50.2. The average molecular weight is 513 g/mol. The molecule has 0 aromatic rings. The summed E-state index contributed by atoms with van der Waals surface area (Å²) >= 11 is 0. The maximum atomic E-state index is 13.0. The summed E-state index contributed by atoms with van der Waals surface area (Å²) in [7, 11) is 0. The number of rotatable bonds is 17. The molecule has 0 radical (unpaired) electrons. The Hall–Kier alpha value is -2.00. The summed E-state index contributed by atoms with van der Waals surface area (Å²) in [6.45, 7) is 16.9. The van der Waals surface area contributed by atoms with Crippen molar-refractivity contribution in [1.29, 1.82) is 0 Å². The Morgan fingerprint density at radius 1 is 0.861 bits per heavy atom. The Balaban J connectivity index is 4.61. The third-order valence-corrected chi connectivity index (χ3v) is 5.73. The first-order valence-corrected chi connectivity index (χ1v) is 13.3. The molecule has 0 fully saturated rings. The van der Waals surface area contributed by atoms with E-state index in [-0.39, 0.29) is 47.9 Å². The maximum absolute atomic E-state index is 13.0. The summed E-state index contributed by atoms with van der Waals surface area (Å²) in [6, 6.07) is -1.38. The fourth-order valence-electron chi connectivity index (χ4n) is 3.43. The Kier molecular flexibility index (Phi) is 15.8. The van der Waals surface area contributed by atoms with Gasteiger partial charge in [-0.3, -0.25) is 19.2 Å². The molecule has 0 aromatic carbocycles. The molecule has 5 N–H and O–H groups in total. The highest BCUT2D eigenvalue weighted by Gasteiger charge is 2.33. The van der Waals surface area contributed by atoms with Gasteiger partial charge in [-0.1, -0.05) is 55.4 Å². The van der Waals surface area contributed by atoms with E-state index < -0.39 is 17.5 Å². The second-order valence-corrected chi connectivity index (χ2v) is 12.0. The van der Waals surface area contributed by atoms with E-state index in [0.29, 0.717) is 32.5 Å². The lowest BCUT2D eigenvalue weighted by Gasteiger charge is -2.28. The van der Waals surface area contributed by atoms with Gasteiger partial charge >= 0.3 is 0 Å². The van der Waals surface area contributed by atoms with E-state index in [1.807, 2.05) is 34.6 Å². The molecule has 2 atom stereocenters. The molecule has 0 heterocycles. The van der Waals surface area contributed by atoms with Gasteiger partial charge in [-0.25, -0.2) is 0 Å². The quantitative estimate of drug-likeness (QED) is 0.221. The normalized spacial score (nSPS) is 13.7. The van der Waals surface area contributed by atoms with Crippen LogP contribution in [-0.2, 0) is 23.9 Å². The molecule has 9 nitrogen and oxygen atoms in total. The Bertz CT molecular complexity index is 695. The maximum Gasteiger partial charge on any atom is 0.243 e. The van der Waals surface area contributed by atoms with Crippen molar-refractivity contribution in [2.24, 2.45) is 22.5 Å². The van der Waals surface area contributed by atoms with Crippen molar-refractivity contribution in [3.63, 3.8) is 0 Å². The van der Waals surface area contributed by atoms with Crippen LogP contribution < -0.4 is 21.7 Å². The molecular weight excluding hydrogens is 460 g/mol. The summed E-state index contributed by atoms with van der Waals surface area (Å²) in [5.74, 6) is -0.885. The van der Waals surface area contributed by atoms with E-state index in [1.165, 1.54) is 0 Å². The van der Waals surface area contributed by atoms with Crippen LogP contribution in [0.1, 0.15) is 93.9 Å². The van der Waals surface area contributed by atoms with Crippen LogP contribution in [0, 0.1) is 16.7 Å². The molecule has 0 rings (SSSR count). The minimum absolute atomic E-state index is 0.0108. The van der Waals surface area contributed by atoms with E-state index in [9.17, 15) is 19.2 Å². The van der Waals surface area contributed by atoms with Gasteiger partial charge < -0.3 is 26.4 Å². The number of carbonyl (C=O) groups excluding carboxylic acids is 4. The Morgan fingerprint density at radius 2 is 1.50 bits per heavy atom. The zero-order chi connectivity index (χ0) is 27.9. The van der Waals surface area contributed by atoms with Gasteiger partial charge in [0.15, 0.2) is 5.78 Å². The number of hydrogen-bond acceptors (Lipinski definition) is 6. The molecule has 0 aromatic heterocycles. The van der Waals surface area contributed by atoms with Gasteiger partial charge in [0.2, 0.25) is 17.7 Å². The zero-order valence-corrected chi connectivity index (χ0v) is 23.9. The van der Waals surface area contributed by atoms with Crippen molar-refractivity contribution in [2.45, 2.75) is 106 Å². The van der Waals surface area contributed by atoms with E-state index in [0.717, 1.165) is 19.3 Å². The first-order chi connectivity index (χ1) is 16.6. The van der Waals surface area contributed by atoms with Crippen LogP contribution in [-0.4, -0.2) is 61.9 Å². The van der Waals surface area contributed by atoms with Crippen molar-refractivity contribution in [1.82, 2.24) is 16.0 Å². The minimum Gasteiger partial charge on any atom is -0.379 e. The molecule has 0 aliphatic carbocycles. The number of carbonyl (C=O) groups is 4. The molecule has 0 spiro atoms. The highest BCUT2D eigenvalue weighted by molar-refractivity contribution is 5.94. The van der Waals surface area contributed by atoms with Gasteiger partial charge in [0, 0.05) is 24.8 Å². The van der Waals surface area contributed by atoms with Crippen LogP contribution in [0.15, 0.2) is 0 Å². The van der Waals surface area contributed by atoms with E-state index >= 15 is 0 Å². The van der Waals surface area contributed by atoms with Gasteiger partial charge in [0.1, 0.15) is 6.04 Å². The predicted octanol–water partition coefficient (Wildman–Crippen LogP) is 2.71. The van der Waals surface area contributed by atoms with Crippen LogP contribution in [0.2, 0.25) is 0 Å². The van der Waals surface area contributed by atoms with Crippen molar-refractivity contribution >= 4 is 23.5 Å². The number of hydrogen-bond donors (Lipinski definition) is 4. The molecule has 0 saturated carbocycles. The van der Waals surface area contributed by atoms with Gasteiger partial charge in [0.05, 0.1) is 19.3 Å². The van der Waals surface area contributed by atoms with E-state index in [1.54, 1.807) is 0 Å². The van der Waals surface area contributed by atoms with Crippen LogP contribution in [0.5, 0.6) is 0 Å². The fraction of sp³-hybridized carbons (Fsp3) is 0.852. The number of unbranched alkanes of at least 4 members (excludes halogenated alkanes) is 1. The topological polar surface area (TPSA) is 140 Å². The molecule has 9 heteroatoms. The molecule has 0 bridgehead atoms. The number of ether oxygens (including phenoxy) is 1. The van der Waals surface area contributed by atoms with Crippen LogP contribution in [0.3, 0.4) is 0 Å². The van der Waals surface area contributed by atoms with Gasteiger partial charge in [-0.2, -0.15) is 0 Å². The van der Waals surface area contributed by atoms with Crippen molar-refractivity contribution in [3.8, 4) is 0 Å². The lowest BCUT2D eigenvalue weighted by atomic mass is 9.84. The summed E-state index contributed by atoms with van der Waals surface area (Å²) in [5, 5.41) is 8.45. The van der Waals surface area contributed by atoms with Crippen molar-refractivity contribution in [2.75, 3.05) is 26.3 Å². The predicted molar refractivity (Wildman–Crippen MR) is 143 cm³/mol. The standard InChI is InChI=1S/C27H52N4O5/c1-19(2)23(25(35)30-20(11-9-10-15-28)24(34)27(6,7)8)31-22(33)13-17-36-18-16-29-21(32)12-14-26(3,4)5/h19-20,23H,9-18,28H2,1-8H3,(H,29,32)(H,30,35)(H,31,33)/t20-,23-/m0/s1. The smallest absolute Gasteiger partial charge is 0.243 e. The monoisotopic (exact) mass is 512 g/mol. The van der Waals surface area contributed by atoms with E-state index in [4.69, 9.17) is 10.5 Å². The average Bonchev–Trinajstić information content (AvgIpc) is 2.75. The second-order valence-electron chi connectivity index (χ2n) is 12.0. The number of Topliss-reactive ketones (excluding diaryl/α,β-unsaturated/α-hetero) is 1. The van der Waals surface area contributed by atoms with E-state index in [2.05, 4.69) is 36.7 Å². The van der Waals surface area contributed by atoms with Gasteiger partial charge in [-0.15, -0.1) is 0 Å².